The second-order valence-electron chi connectivity index (χ2n) is 17.3. The Labute approximate surface area is 304 Å². The summed E-state index contributed by atoms with van der Waals surface area (Å²) in [6, 6.07) is 10.5. The molecule has 6 heterocycles. The Balaban J connectivity index is 1.16. The van der Waals surface area contributed by atoms with Crippen molar-refractivity contribution in [1.29, 1.82) is 0 Å². The van der Waals surface area contributed by atoms with E-state index >= 15 is 0 Å². The molecule has 0 bridgehead atoms. The first-order valence-electron chi connectivity index (χ1n) is 18.6. The van der Waals surface area contributed by atoms with Crippen LogP contribution in [-0.2, 0) is 14.9 Å². The summed E-state index contributed by atoms with van der Waals surface area (Å²) in [6.45, 7) is 17.4. The summed E-state index contributed by atoms with van der Waals surface area (Å²) < 4.78 is 22.5. The average Bonchev–Trinajstić information content (AvgIpc) is 3.58. The van der Waals surface area contributed by atoms with Gasteiger partial charge in [-0.1, -0.05) is 26.0 Å². The number of carbonyl (C=O) groups excluding carboxylic acids is 2. The molecule has 1 saturated carbocycles. The third kappa shape index (κ3) is 5.88. The number of hydrogen-bond acceptors (Lipinski definition) is 8. The van der Waals surface area contributed by atoms with E-state index in [2.05, 4.69) is 59.9 Å². The van der Waals surface area contributed by atoms with Crippen LogP contribution in [0.25, 0.3) is 22.3 Å². The van der Waals surface area contributed by atoms with Gasteiger partial charge in [-0.05, 0) is 89.5 Å². The van der Waals surface area contributed by atoms with Crippen molar-refractivity contribution < 1.29 is 18.7 Å². The van der Waals surface area contributed by atoms with Gasteiger partial charge in [-0.15, -0.1) is 0 Å². The maximum absolute atomic E-state index is 14.8. The van der Waals surface area contributed by atoms with Crippen molar-refractivity contribution in [2.24, 2.45) is 5.41 Å². The summed E-state index contributed by atoms with van der Waals surface area (Å²) >= 11 is 0. The molecular formula is C40H49FN8O3. The summed E-state index contributed by atoms with van der Waals surface area (Å²) in [5, 5.41) is 3.22. The molecule has 2 amide bonds. The molecule has 12 heteroatoms. The number of ether oxygens (including phenoxy) is 1. The number of benzene rings is 1. The molecule has 1 aliphatic carbocycles. The zero-order valence-electron chi connectivity index (χ0n) is 31.2. The summed E-state index contributed by atoms with van der Waals surface area (Å²) in [5.41, 5.74) is 4.27. The molecule has 0 unspecified atom stereocenters. The number of hydrogen-bond donors (Lipinski definition) is 1. The normalized spacial score (nSPS) is 22.4. The Morgan fingerprint density at radius 2 is 1.79 bits per heavy atom. The Kier molecular flexibility index (Phi) is 8.13. The maximum atomic E-state index is 14.8. The van der Waals surface area contributed by atoms with Gasteiger partial charge >= 0.3 is 6.09 Å². The van der Waals surface area contributed by atoms with Crippen LogP contribution in [0.4, 0.5) is 26.4 Å². The molecule has 8 rings (SSSR count). The Morgan fingerprint density at radius 1 is 1.06 bits per heavy atom. The smallest absolute Gasteiger partial charge is 0.410 e. The molecule has 274 valence electrons. The van der Waals surface area contributed by atoms with Crippen molar-refractivity contribution in [2.45, 2.75) is 103 Å². The number of anilines is 3. The van der Waals surface area contributed by atoms with Crippen LogP contribution in [0.1, 0.15) is 85.8 Å². The van der Waals surface area contributed by atoms with Crippen LogP contribution in [0.3, 0.4) is 0 Å². The first-order chi connectivity index (χ1) is 24.6. The number of piperidine rings is 1. The zero-order valence-corrected chi connectivity index (χ0v) is 31.2. The van der Waals surface area contributed by atoms with Crippen LogP contribution in [0, 0.1) is 11.2 Å². The average molecular weight is 709 g/mol. The predicted molar refractivity (Wildman–Crippen MR) is 199 cm³/mol. The molecule has 1 N–H and O–H groups in total. The summed E-state index contributed by atoms with van der Waals surface area (Å²) in [4.78, 5) is 47.9. The second-order valence-corrected chi connectivity index (χ2v) is 17.3. The fourth-order valence-electron chi connectivity index (χ4n) is 8.66. The van der Waals surface area contributed by atoms with Crippen molar-refractivity contribution in [3.05, 3.63) is 60.4 Å². The molecule has 1 spiro atoms. The maximum Gasteiger partial charge on any atom is 0.410 e. The van der Waals surface area contributed by atoms with Gasteiger partial charge in [0.1, 0.15) is 11.1 Å². The molecule has 3 fully saturated rings. The minimum atomic E-state index is -0.713. The van der Waals surface area contributed by atoms with Gasteiger partial charge in [0.15, 0.2) is 11.6 Å². The second kappa shape index (κ2) is 12.2. The zero-order chi connectivity index (χ0) is 36.7. The standard InChI is InChI=1S/C40H49FN8O3/c1-24(2)48-23-43-32-19-31(45-35(34(32)48)44-30-10-13-42-20-29(30)41)25-8-9-28-33(16-25)49(27-17-26(18-27)47-21-39(6,7)22-47)36(50)40(28)11-14-46(15-12-40)37(51)52-38(3,4)5/h8-10,13,16,19-20,23-24,26-27H,11-12,14-15,17-18,21-22H2,1-7H3,(H,42,44,45). The van der Waals surface area contributed by atoms with Crippen molar-refractivity contribution in [2.75, 3.05) is 36.4 Å². The molecule has 0 atom stereocenters. The highest BCUT2D eigenvalue weighted by atomic mass is 19.1. The van der Waals surface area contributed by atoms with E-state index in [0.29, 0.717) is 48.9 Å². The van der Waals surface area contributed by atoms with E-state index in [0.717, 1.165) is 53.8 Å². The van der Waals surface area contributed by atoms with Crippen molar-refractivity contribution >= 4 is 40.2 Å². The van der Waals surface area contributed by atoms with Gasteiger partial charge < -0.3 is 24.4 Å². The summed E-state index contributed by atoms with van der Waals surface area (Å²) in [7, 11) is 0. The van der Waals surface area contributed by atoms with E-state index in [1.807, 2.05) is 37.5 Å². The molecule has 3 aliphatic heterocycles. The molecule has 3 aromatic heterocycles. The van der Waals surface area contributed by atoms with Crippen molar-refractivity contribution in [3.8, 4) is 11.3 Å². The number of amides is 2. The van der Waals surface area contributed by atoms with Crippen LogP contribution in [0.2, 0.25) is 0 Å². The predicted octanol–water partition coefficient (Wildman–Crippen LogP) is 7.45. The van der Waals surface area contributed by atoms with Gasteiger partial charge in [-0.2, -0.15) is 0 Å². The van der Waals surface area contributed by atoms with Crippen LogP contribution in [0.5, 0.6) is 0 Å². The first kappa shape index (κ1) is 34.5. The van der Waals surface area contributed by atoms with Gasteiger partial charge in [-0.25, -0.2) is 19.2 Å². The van der Waals surface area contributed by atoms with E-state index in [9.17, 15) is 14.0 Å². The minimum absolute atomic E-state index is 0.0996. The first-order valence-corrected chi connectivity index (χ1v) is 18.6. The Hall–Kier alpha value is -4.58. The Morgan fingerprint density at radius 3 is 2.44 bits per heavy atom. The lowest BCUT2D eigenvalue weighted by molar-refractivity contribution is -0.126. The van der Waals surface area contributed by atoms with E-state index in [1.165, 1.54) is 6.20 Å². The third-order valence-electron chi connectivity index (χ3n) is 11.3. The molecule has 1 aromatic carbocycles. The number of pyridine rings is 2. The van der Waals surface area contributed by atoms with E-state index in [4.69, 9.17) is 14.7 Å². The third-order valence-corrected chi connectivity index (χ3v) is 11.3. The van der Waals surface area contributed by atoms with Gasteiger partial charge in [0.25, 0.3) is 0 Å². The Bertz CT molecular complexity index is 2050. The summed E-state index contributed by atoms with van der Waals surface area (Å²) in [6.07, 6.45) is 7.12. The number of likely N-dealkylation sites (tertiary alicyclic amines) is 2. The van der Waals surface area contributed by atoms with Crippen molar-refractivity contribution in [1.82, 2.24) is 29.3 Å². The molecular weight excluding hydrogens is 659 g/mol. The number of carbonyl (C=O) groups is 2. The number of imidazole rings is 1. The fraction of sp³-hybridized carbons (Fsp3) is 0.525. The SMILES string of the molecule is CC(C)n1cnc2cc(-c3ccc4c(c3)N(C3CC(N5CC(C)(C)C5)C3)C(=O)C43CCN(C(=O)OC(C)(C)C)CC3)nc(Nc3ccncc3F)c21. The lowest BCUT2D eigenvalue weighted by atomic mass is 9.73. The van der Waals surface area contributed by atoms with Gasteiger partial charge in [-0.3, -0.25) is 14.7 Å². The number of rotatable bonds is 6. The number of aromatic nitrogens is 4. The monoisotopic (exact) mass is 708 g/mol. The lowest BCUT2D eigenvalue weighted by Gasteiger charge is -2.55. The van der Waals surface area contributed by atoms with Crippen LogP contribution >= 0.6 is 0 Å². The van der Waals surface area contributed by atoms with E-state index in [1.54, 1.807) is 23.5 Å². The molecule has 52 heavy (non-hydrogen) atoms. The van der Waals surface area contributed by atoms with E-state index < -0.39 is 16.8 Å². The van der Waals surface area contributed by atoms with Gasteiger partial charge in [0, 0.05) is 61.8 Å². The van der Waals surface area contributed by atoms with Gasteiger partial charge in [0.2, 0.25) is 5.91 Å². The van der Waals surface area contributed by atoms with Crippen LogP contribution in [-0.4, -0.2) is 85.2 Å². The highest BCUT2D eigenvalue weighted by Crippen LogP contribution is 2.52. The summed E-state index contributed by atoms with van der Waals surface area (Å²) in [5.74, 6) is 0.141. The minimum Gasteiger partial charge on any atom is -0.444 e. The highest BCUT2D eigenvalue weighted by molar-refractivity contribution is 6.09. The topological polar surface area (TPSA) is 109 Å². The molecule has 4 aromatic rings. The largest absolute Gasteiger partial charge is 0.444 e. The number of nitrogens with zero attached hydrogens (tertiary/aromatic N) is 7. The molecule has 2 saturated heterocycles. The number of nitrogens with one attached hydrogen (secondary N) is 1. The molecule has 4 aliphatic rings. The lowest BCUT2D eigenvalue weighted by Crippen LogP contribution is -2.64. The van der Waals surface area contributed by atoms with Crippen molar-refractivity contribution in [3.63, 3.8) is 0 Å². The van der Waals surface area contributed by atoms with E-state index in [-0.39, 0.29) is 29.8 Å². The molecule has 11 nitrogen and oxygen atoms in total. The van der Waals surface area contributed by atoms with Gasteiger partial charge in [0.05, 0.1) is 34.8 Å². The number of fused-ring (bicyclic) bond motifs is 3. The quantitative estimate of drug-likeness (QED) is 0.220. The molecule has 0 radical (unpaired) electrons. The highest BCUT2D eigenvalue weighted by Gasteiger charge is 2.56. The van der Waals surface area contributed by atoms with Crippen LogP contribution in [0.15, 0.2) is 49.1 Å². The number of halogens is 1. The van der Waals surface area contributed by atoms with Crippen LogP contribution < -0.4 is 10.2 Å². The fourth-order valence-corrected chi connectivity index (χ4v) is 8.66.